The zero-order chi connectivity index (χ0) is 6.85. The molecule has 1 aromatic rings. The van der Waals surface area contributed by atoms with Crippen LogP contribution in [0.5, 0.6) is 0 Å². The molecule has 0 saturated carbocycles. The number of thiol groups is 1. The highest BCUT2D eigenvalue weighted by molar-refractivity contribution is 9.10. The number of rotatable bonds is 0. The van der Waals surface area contributed by atoms with Crippen LogP contribution in [0.15, 0.2) is 21.8 Å². The van der Waals surface area contributed by atoms with Crippen molar-refractivity contribution in [2.24, 2.45) is 0 Å². The minimum Gasteiger partial charge on any atom is -0.247 e. The van der Waals surface area contributed by atoms with Crippen LogP contribution in [-0.4, -0.2) is 4.98 Å². The fourth-order valence-corrected chi connectivity index (χ4v) is 1.06. The predicted molar refractivity (Wildman–Crippen MR) is 44.2 cm³/mol. The number of nitrogens with zero attached hydrogens (tertiary/aromatic N) is 1. The lowest BCUT2D eigenvalue weighted by Gasteiger charge is -1.93. The molecule has 0 aliphatic heterocycles. The van der Waals surface area contributed by atoms with E-state index in [4.69, 9.17) is 11.6 Å². The lowest BCUT2D eigenvalue weighted by atomic mass is 10.5. The van der Waals surface area contributed by atoms with Gasteiger partial charge in [0, 0.05) is 11.1 Å². The number of pyridine rings is 1. The normalized spacial score (nSPS) is 9.67. The van der Waals surface area contributed by atoms with Crippen LogP contribution in [0.1, 0.15) is 0 Å². The monoisotopic (exact) mass is 223 g/mol. The summed E-state index contributed by atoms with van der Waals surface area (Å²) in [4.78, 5) is 4.64. The molecule has 0 aromatic carbocycles. The van der Waals surface area contributed by atoms with Crippen molar-refractivity contribution >= 4 is 40.2 Å². The van der Waals surface area contributed by atoms with E-state index in [0.29, 0.717) is 5.02 Å². The highest BCUT2D eigenvalue weighted by Gasteiger charge is 1.94. The van der Waals surface area contributed by atoms with Crippen LogP contribution in [0.2, 0.25) is 5.02 Å². The lowest BCUT2D eigenvalue weighted by molar-refractivity contribution is 1.19. The number of hydrogen-bond acceptors (Lipinski definition) is 2. The summed E-state index contributed by atoms with van der Waals surface area (Å²) in [5.74, 6) is 0. The van der Waals surface area contributed by atoms with Crippen molar-refractivity contribution < 1.29 is 0 Å². The molecule has 0 radical (unpaired) electrons. The number of aromatic nitrogens is 1. The Morgan fingerprint density at radius 2 is 2.33 bits per heavy atom. The summed E-state index contributed by atoms with van der Waals surface area (Å²) in [6.07, 6.45) is 1.56. The first kappa shape index (κ1) is 7.38. The summed E-state index contributed by atoms with van der Waals surface area (Å²) in [6, 6.07) is 1.72. The van der Waals surface area contributed by atoms with Crippen molar-refractivity contribution in [3.63, 3.8) is 0 Å². The van der Waals surface area contributed by atoms with Crippen molar-refractivity contribution in [1.29, 1.82) is 0 Å². The van der Waals surface area contributed by atoms with Gasteiger partial charge in [-0.15, -0.1) is 12.6 Å². The highest BCUT2D eigenvalue weighted by Crippen LogP contribution is 2.20. The van der Waals surface area contributed by atoms with E-state index in [1.165, 1.54) is 0 Å². The number of hydrogen-bond donors (Lipinski definition) is 1. The summed E-state index contributed by atoms with van der Waals surface area (Å²) in [6.45, 7) is 0. The molecule has 1 aromatic heterocycles. The van der Waals surface area contributed by atoms with Gasteiger partial charge in [-0.3, -0.25) is 0 Å². The van der Waals surface area contributed by atoms with Crippen LogP contribution in [0.3, 0.4) is 0 Å². The van der Waals surface area contributed by atoms with Crippen molar-refractivity contribution in [3.05, 3.63) is 21.9 Å². The van der Waals surface area contributed by atoms with E-state index in [1.807, 2.05) is 0 Å². The molecule has 9 heavy (non-hydrogen) atoms. The van der Waals surface area contributed by atoms with Crippen LogP contribution >= 0.6 is 40.2 Å². The Balaban J connectivity index is 3.17. The first-order valence-corrected chi connectivity index (χ1v) is 3.82. The molecule has 1 nitrogen and oxygen atoms in total. The Morgan fingerprint density at radius 1 is 1.67 bits per heavy atom. The fraction of sp³-hybridized carbons (Fsp3) is 0. The van der Waals surface area contributed by atoms with Crippen LogP contribution in [-0.2, 0) is 0 Å². The van der Waals surface area contributed by atoms with Crippen molar-refractivity contribution in [2.75, 3.05) is 0 Å². The van der Waals surface area contributed by atoms with E-state index in [0.717, 1.165) is 9.50 Å². The maximum absolute atomic E-state index is 5.58. The largest absolute Gasteiger partial charge is 0.247 e. The fourth-order valence-electron chi connectivity index (χ4n) is 0.412. The Hall–Kier alpha value is 0.270. The summed E-state index contributed by atoms with van der Waals surface area (Å²) < 4.78 is 0.718. The second kappa shape index (κ2) is 2.90. The third-order valence-corrected chi connectivity index (χ3v) is 2.27. The van der Waals surface area contributed by atoms with E-state index < -0.39 is 0 Å². The maximum atomic E-state index is 5.58. The van der Waals surface area contributed by atoms with Gasteiger partial charge in [0.05, 0.1) is 5.02 Å². The molecule has 0 saturated heterocycles. The van der Waals surface area contributed by atoms with E-state index in [-0.39, 0.29) is 0 Å². The summed E-state index contributed by atoms with van der Waals surface area (Å²) >= 11 is 12.8. The van der Waals surface area contributed by atoms with Gasteiger partial charge < -0.3 is 0 Å². The third kappa shape index (κ3) is 1.85. The lowest BCUT2D eigenvalue weighted by Crippen LogP contribution is -1.75. The smallest absolute Gasteiger partial charge is 0.119 e. The molecule has 0 atom stereocenters. The highest BCUT2D eigenvalue weighted by atomic mass is 79.9. The average Bonchev–Trinajstić information content (AvgIpc) is 1.80. The summed E-state index contributed by atoms with van der Waals surface area (Å²) in [5.41, 5.74) is 0. The standard InChI is InChI=1S/C5H3BrClNS/c6-5-4(9)1-3(7)2-8-5/h1-2,9H. The van der Waals surface area contributed by atoms with Gasteiger partial charge >= 0.3 is 0 Å². The van der Waals surface area contributed by atoms with Crippen LogP contribution < -0.4 is 0 Å². The molecule has 0 bridgehead atoms. The Bertz CT molecular complexity index is 228. The van der Waals surface area contributed by atoms with Crippen LogP contribution in [0, 0.1) is 0 Å². The van der Waals surface area contributed by atoms with Crippen molar-refractivity contribution in [2.45, 2.75) is 4.90 Å². The van der Waals surface area contributed by atoms with Gasteiger partial charge in [0.1, 0.15) is 4.60 Å². The van der Waals surface area contributed by atoms with Crippen LogP contribution in [0.25, 0.3) is 0 Å². The SMILES string of the molecule is Sc1cc(Cl)cnc1Br. The molecule has 0 fully saturated rings. The summed E-state index contributed by atoms with van der Waals surface area (Å²) in [7, 11) is 0. The van der Waals surface area contributed by atoms with E-state index in [2.05, 4.69) is 33.5 Å². The van der Waals surface area contributed by atoms with Gasteiger partial charge in [0.2, 0.25) is 0 Å². The van der Waals surface area contributed by atoms with Gasteiger partial charge in [-0.25, -0.2) is 4.98 Å². The molecule has 48 valence electrons. The molecule has 1 heterocycles. The van der Waals surface area contributed by atoms with Gasteiger partial charge in [0.15, 0.2) is 0 Å². The minimum atomic E-state index is 0.600. The number of halogens is 2. The minimum absolute atomic E-state index is 0.600. The molecule has 4 heteroatoms. The molecular formula is C5H3BrClNS. The van der Waals surface area contributed by atoms with E-state index >= 15 is 0 Å². The zero-order valence-corrected chi connectivity index (χ0v) is 7.54. The van der Waals surface area contributed by atoms with Crippen molar-refractivity contribution in [3.8, 4) is 0 Å². The molecule has 0 aliphatic carbocycles. The molecule has 1 rings (SSSR count). The van der Waals surface area contributed by atoms with Gasteiger partial charge in [-0.2, -0.15) is 0 Å². The quantitative estimate of drug-likeness (QED) is 0.528. The van der Waals surface area contributed by atoms with Gasteiger partial charge in [0.25, 0.3) is 0 Å². The molecule has 0 spiro atoms. The molecule has 0 amide bonds. The van der Waals surface area contributed by atoms with E-state index in [1.54, 1.807) is 12.3 Å². The summed E-state index contributed by atoms with van der Waals surface area (Å²) in [5, 5.41) is 0.600. The van der Waals surface area contributed by atoms with Crippen LogP contribution in [0.4, 0.5) is 0 Å². The third-order valence-electron chi connectivity index (χ3n) is 0.787. The first-order valence-electron chi connectivity index (χ1n) is 2.20. The molecular weight excluding hydrogens is 221 g/mol. The second-order valence-electron chi connectivity index (χ2n) is 1.46. The van der Waals surface area contributed by atoms with Gasteiger partial charge in [-0.05, 0) is 22.0 Å². The molecule has 0 N–H and O–H groups in total. The zero-order valence-electron chi connectivity index (χ0n) is 4.31. The Kier molecular flexibility index (Phi) is 2.38. The predicted octanol–water partition coefficient (Wildman–Crippen LogP) is 2.79. The van der Waals surface area contributed by atoms with Crippen molar-refractivity contribution in [1.82, 2.24) is 4.98 Å². The molecule has 0 aliphatic rings. The Morgan fingerprint density at radius 3 is 2.78 bits per heavy atom. The Labute approximate surface area is 72.0 Å². The van der Waals surface area contributed by atoms with E-state index in [9.17, 15) is 0 Å². The molecule has 0 unspecified atom stereocenters. The maximum Gasteiger partial charge on any atom is 0.119 e. The average molecular weight is 225 g/mol. The first-order chi connectivity index (χ1) is 4.20. The van der Waals surface area contributed by atoms with Gasteiger partial charge in [-0.1, -0.05) is 11.6 Å². The second-order valence-corrected chi connectivity index (χ2v) is 3.13. The topological polar surface area (TPSA) is 12.9 Å².